The number of ether oxygens (including phenoxy) is 2. The minimum Gasteiger partial charge on any atom is -0.505 e. The van der Waals surface area contributed by atoms with Crippen molar-refractivity contribution in [2.75, 3.05) is 19.1 Å². The van der Waals surface area contributed by atoms with Gasteiger partial charge in [0.05, 0.1) is 19.1 Å². The van der Waals surface area contributed by atoms with Crippen LogP contribution in [0.5, 0.6) is 0 Å². The van der Waals surface area contributed by atoms with Gasteiger partial charge in [0, 0.05) is 13.8 Å². The van der Waals surface area contributed by atoms with Crippen molar-refractivity contribution in [2.24, 2.45) is 0 Å². The zero-order valence-corrected chi connectivity index (χ0v) is 25.2. The Bertz CT molecular complexity index is 1390. The summed E-state index contributed by atoms with van der Waals surface area (Å²) in [4.78, 5) is 43.5. The van der Waals surface area contributed by atoms with Gasteiger partial charge < -0.3 is 28.5 Å². The molecule has 0 aliphatic heterocycles. The zero-order valence-electron chi connectivity index (χ0n) is 22.4. The van der Waals surface area contributed by atoms with E-state index in [0.29, 0.717) is 19.1 Å². The molecule has 0 aliphatic rings. The van der Waals surface area contributed by atoms with Crippen LogP contribution in [0.15, 0.2) is 79.1 Å². The van der Waals surface area contributed by atoms with Gasteiger partial charge in [-0.1, -0.05) is 60.7 Å². The predicted molar refractivity (Wildman–Crippen MR) is 139 cm³/mol. The van der Waals surface area contributed by atoms with Gasteiger partial charge in [0.15, 0.2) is 17.5 Å². The molecule has 0 bridgehead atoms. The fraction of sp³-hybridized carbons (Fsp3) is 0.308. The van der Waals surface area contributed by atoms with Crippen LogP contribution in [0.25, 0.3) is 0 Å². The number of benzene rings is 2. The SMILES string of the molecule is Cc1n[n-]c(=O)o1.Cc1nn(CC(=O)COCc2ccccc2)c(=O)o1.O=C(CCl)COCc1ccccc1.[Na+]. The van der Waals surface area contributed by atoms with Gasteiger partial charge in [-0.05, 0) is 11.1 Å². The number of Topliss-reactive ketones (excluding diaryl/α,β-unsaturated/α-hetero) is 2. The zero-order chi connectivity index (χ0) is 28.5. The number of halogens is 1. The van der Waals surface area contributed by atoms with Gasteiger partial charge in [0.1, 0.15) is 19.8 Å². The quantitative estimate of drug-likeness (QED) is 0.162. The van der Waals surface area contributed by atoms with E-state index in [0.717, 1.165) is 15.8 Å². The van der Waals surface area contributed by atoms with Crippen molar-refractivity contribution >= 4 is 23.2 Å². The van der Waals surface area contributed by atoms with Crippen molar-refractivity contribution in [3.05, 3.63) is 105 Å². The van der Waals surface area contributed by atoms with Crippen LogP contribution in [0.4, 0.5) is 0 Å². The molecule has 2 aromatic carbocycles. The molecule has 4 aromatic rings. The van der Waals surface area contributed by atoms with E-state index in [-0.39, 0.29) is 72.7 Å². The Balaban J connectivity index is 0.000000329. The average Bonchev–Trinajstić information content (AvgIpc) is 3.47. The third kappa shape index (κ3) is 14.9. The summed E-state index contributed by atoms with van der Waals surface area (Å²) < 4.78 is 20.4. The Morgan fingerprint density at radius 1 is 0.850 bits per heavy atom. The van der Waals surface area contributed by atoms with Gasteiger partial charge >= 0.3 is 35.3 Å². The molecule has 40 heavy (non-hydrogen) atoms. The van der Waals surface area contributed by atoms with Crippen molar-refractivity contribution in [1.29, 1.82) is 0 Å². The second kappa shape index (κ2) is 19.9. The monoisotopic (exact) mass is 582 g/mol. The van der Waals surface area contributed by atoms with Crippen molar-refractivity contribution in [3.63, 3.8) is 0 Å². The Hall–Kier alpha value is -3.13. The normalized spacial score (nSPS) is 9.88. The van der Waals surface area contributed by atoms with E-state index in [4.69, 9.17) is 25.5 Å². The fourth-order valence-corrected chi connectivity index (χ4v) is 2.83. The number of ketones is 2. The first-order valence-corrected chi connectivity index (χ1v) is 12.1. The first-order chi connectivity index (χ1) is 18.8. The molecule has 0 spiro atoms. The summed E-state index contributed by atoms with van der Waals surface area (Å²) in [6, 6.07) is 19.2. The topological polar surface area (TPSA) is 158 Å². The summed E-state index contributed by atoms with van der Waals surface area (Å²) in [6.45, 7) is 3.84. The maximum atomic E-state index is 11.6. The van der Waals surface area contributed by atoms with Crippen LogP contribution in [0.2, 0.25) is 0 Å². The molecule has 12 nitrogen and oxygen atoms in total. The van der Waals surface area contributed by atoms with E-state index < -0.39 is 11.5 Å². The number of carbonyl (C=O) groups is 2. The van der Waals surface area contributed by atoms with Crippen molar-refractivity contribution < 1.29 is 57.5 Å². The number of alkyl halides is 1. The molecule has 0 N–H and O–H groups in total. The van der Waals surface area contributed by atoms with Gasteiger partial charge in [-0.25, -0.2) is 4.79 Å². The molecule has 4 rings (SSSR count). The van der Waals surface area contributed by atoms with Crippen LogP contribution >= 0.6 is 11.6 Å². The van der Waals surface area contributed by atoms with Gasteiger partial charge in [0.25, 0.3) is 5.76 Å². The van der Waals surface area contributed by atoms with Crippen LogP contribution in [0.1, 0.15) is 22.9 Å². The molecule has 2 heterocycles. The van der Waals surface area contributed by atoms with Crippen LogP contribution in [0.3, 0.4) is 0 Å². The Morgan fingerprint density at radius 3 is 1.75 bits per heavy atom. The molecule has 0 unspecified atom stereocenters. The summed E-state index contributed by atoms with van der Waals surface area (Å²) in [7, 11) is 0. The van der Waals surface area contributed by atoms with Crippen LogP contribution < -0.4 is 46.2 Å². The summed E-state index contributed by atoms with van der Waals surface area (Å²) in [5.41, 5.74) is 2.05. The van der Waals surface area contributed by atoms with Crippen molar-refractivity contribution in [3.8, 4) is 0 Å². The minimum absolute atomic E-state index is 0. The Kier molecular flexibility index (Phi) is 17.3. The number of aromatic nitrogens is 4. The molecule has 0 aliphatic carbocycles. The maximum Gasteiger partial charge on any atom is 1.00 e. The van der Waals surface area contributed by atoms with Crippen molar-refractivity contribution in [1.82, 2.24) is 20.0 Å². The molecule has 0 saturated carbocycles. The first kappa shape index (κ1) is 34.9. The molecule has 208 valence electrons. The van der Waals surface area contributed by atoms with E-state index >= 15 is 0 Å². The number of hydrogen-bond acceptors (Lipinski definition) is 10. The van der Waals surface area contributed by atoms with Gasteiger partial charge in [0.2, 0.25) is 5.89 Å². The molecule has 2 aromatic heterocycles. The van der Waals surface area contributed by atoms with Gasteiger partial charge in [-0.2, -0.15) is 4.68 Å². The Labute approximate surface area is 256 Å². The summed E-state index contributed by atoms with van der Waals surface area (Å²) in [5, 5.41) is 10.1. The van der Waals surface area contributed by atoms with E-state index in [1.54, 1.807) is 13.8 Å². The van der Waals surface area contributed by atoms with Crippen LogP contribution in [-0.4, -0.2) is 45.5 Å². The number of carbonyl (C=O) groups excluding carboxylic acids is 2. The Morgan fingerprint density at radius 2 is 1.38 bits per heavy atom. The summed E-state index contributed by atoms with van der Waals surface area (Å²) in [5.74, 6) is -1.00. The number of rotatable bonds is 11. The molecule has 14 heteroatoms. The van der Waals surface area contributed by atoms with Crippen molar-refractivity contribution in [2.45, 2.75) is 33.6 Å². The molecule has 0 atom stereocenters. The molecular formula is C26H28ClN4NaO8. The van der Waals surface area contributed by atoms with E-state index in [1.165, 1.54) is 0 Å². The second-order valence-electron chi connectivity index (χ2n) is 7.80. The van der Waals surface area contributed by atoms with Gasteiger partial charge in [-0.15, -0.1) is 16.7 Å². The largest absolute Gasteiger partial charge is 1.00 e. The third-order valence-corrected chi connectivity index (χ3v) is 4.74. The van der Waals surface area contributed by atoms with E-state index in [9.17, 15) is 19.2 Å². The molecular weight excluding hydrogens is 555 g/mol. The molecule has 0 saturated heterocycles. The summed E-state index contributed by atoms with van der Waals surface area (Å²) in [6.07, 6.45) is 0. The standard InChI is InChI=1S/C13H14N2O4.C10H11ClO2.C3H4N2O2.Na/c1-10-14-15(13(17)19-10)7-12(16)9-18-8-11-5-3-2-4-6-11;11-6-10(12)8-13-7-9-4-2-1-3-5-9;1-2-4-5-3(6)7-2;/h2-6H,7-9H2,1H3;1-5H,6-8H2;1H3,(H,5,6);/q;;;+1/p-1. The predicted octanol–water partition coefficient (Wildman–Crippen LogP) is -0.754. The average molecular weight is 583 g/mol. The fourth-order valence-electron chi connectivity index (χ4n) is 2.75. The smallest absolute Gasteiger partial charge is 0.505 e. The van der Waals surface area contributed by atoms with E-state index in [1.807, 2.05) is 60.7 Å². The van der Waals surface area contributed by atoms with Gasteiger partial charge in [-0.3, -0.25) is 14.4 Å². The van der Waals surface area contributed by atoms with Crippen LogP contribution in [0, 0.1) is 13.8 Å². The second-order valence-corrected chi connectivity index (χ2v) is 8.07. The number of nitrogens with zero attached hydrogens (tertiary/aromatic N) is 4. The third-order valence-electron chi connectivity index (χ3n) is 4.44. The molecule has 0 amide bonds. The minimum atomic E-state index is -0.631. The van der Waals surface area contributed by atoms with E-state index in [2.05, 4.69) is 19.7 Å². The summed E-state index contributed by atoms with van der Waals surface area (Å²) >= 11 is 5.30. The maximum absolute atomic E-state index is 11.6. The molecule has 0 fully saturated rings. The number of hydrogen-bond donors (Lipinski definition) is 0. The van der Waals surface area contributed by atoms with Crippen LogP contribution in [-0.2, 0) is 38.8 Å². The first-order valence-electron chi connectivity index (χ1n) is 11.6. The number of aryl methyl sites for hydroxylation is 2. The molecule has 0 radical (unpaired) electrons.